The van der Waals surface area contributed by atoms with Crippen LogP contribution in [0, 0.1) is 11.6 Å². The zero-order chi connectivity index (χ0) is 19.4. The molecule has 0 atom stereocenters. The van der Waals surface area contributed by atoms with Gasteiger partial charge in [0, 0.05) is 11.3 Å². The lowest BCUT2D eigenvalue weighted by Crippen LogP contribution is -2.23. The molecule has 6 nitrogen and oxygen atoms in total. The Hall–Kier alpha value is -3.20. The number of nitrogen functional groups attached to an aromatic ring is 1. The van der Waals surface area contributed by atoms with Crippen LogP contribution in [0.1, 0.15) is 15.9 Å². The summed E-state index contributed by atoms with van der Waals surface area (Å²) < 4.78 is 25.8. The molecule has 0 bridgehead atoms. The number of thioether (sulfide) groups is 1. The van der Waals surface area contributed by atoms with E-state index in [0.717, 1.165) is 17.7 Å². The molecule has 4 N–H and O–H groups in total. The van der Waals surface area contributed by atoms with Crippen molar-refractivity contribution in [2.24, 2.45) is 0 Å². The van der Waals surface area contributed by atoms with Gasteiger partial charge in [-0.3, -0.25) is 14.6 Å². The summed E-state index contributed by atoms with van der Waals surface area (Å²) in [6.07, 6.45) is 0. The number of halogens is 2. The summed E-state index contributed by atoms with van der Waals surface area (Å²) in [5.41, 5.74) is 6.01. The van der Waals surface area contributed by atoms with E-state index in [1.807, 2.05) is 0 Å². The quantitative estimate of drug-likeness (QED) is 0.460. The monoisotopic (exact) mass is 388 g/mol. The Morgan fingerprint density at radius 2 is 1.67 bits per heavy atom. The molecule has 0 saturated carbocycles. The maximum atomic E-state index is 12.9. The molecule has 3 rings (SSSR count). The average molecular weight is 388 g/mol. The predicted octanol–water partition coefficient (Wildman–Crippen LogP) is 3.17. The number of H-pyrrole nitrogens is 1. The number of anilines is 2. The number of aromatic amines is 1. The van der Waals surface area contributed by atoms with Crippen LogP contribution in [0.25, 0.3) is 0 Å². The molecular formula is C18H14F2N4O2S. The SMILES string of the molecule is Nc1nc(SCc2ccc(F)cc2)[nH]c(=O)c1NC(=O)c1ccc(F)cc1. The second kappa shape index (κ2) is 8.00. The first-order valence-corrected chi connectivity index (χ1v) is 8.75. The van der Waals surface area contributed by atoms with Crippen LogP contribution in [0.15, 0.2) is 58.5 Å². The van der Waals surface area contributed by atoms with Crippen LogP contribution in [-0.2, 0) is 5.75 Å². The molecule has 3 aromatic rings. The van der Waals surface area contributed by atoms with Crippen LogP contribution in [0.3, 0.4) is 0 Å². The fraction of sp³-hybridized carbons (Fsp3) is 0.0556. The third-order valence-corrected chi connectivity index (χ3v) is 4.50. The Balaban J connectivity index is 1.72. The molecule has 1 amide bonds. The Morgan fingerprint density at radius 3 is 2.26 bits per heavy atom. The minimum absolute atomic E-state index is 0.143. The highest BCUT2D eigenvalue weighted by molar-refractivity contribution is 7.98. The van der Waals surface area contributed by atoms with Gasteiger partial charge in [-0.05, 0) is 42.0 Å². The number of aromatic nitrogens is 2. The van der Waals surface area contributed by atoms with Gasteiger partial charge in [0.1, 0.15) is 17.3 Å². The van der Waals surface area contributed by atoms with E-state index in [4.69, 9.17) is 5.73 Å². The fourth-order valence-corrected chi connectivity index (χ4v) is 3.00. The predicted molar refractivity (Wildman–Crippen MR) is 99.6 cm³/mol. The fourth-order valence-electron chi connectivity index (χ4n) is 2.18. The van der Waals surface area contributed by atoms with Crippen LogP contribution in [0.4, 0.5) is 20.3 Å². The largest absolute Gasteiger partial charge is 0.382 e. The molecule has 1 heterocycles. The molecule has 0 aliphatic rings. The van der Waals surface area contributed by atoms with Crippen molar-refractivity contribution in [1.82, 2.24) is 9.97 Å². The number of rotatable bonds is 5. The molecule has 0 aliphatic carbocycles. The molecule has 27 heavy (non-hydrogen) atoms. The number of carbonyl (C=O) groups is 1. The molecule has 0 aliphatic heterocycles. The Morgan fingerprint density at radius 1 is 1.07 bits per heavy atom. The van der Waals surface area contributed by atoms with E-state index in [-0.39, 0.29) is 28.0 Å². The molecule has 2 aromatic carbocycles. The topological polar surface area (TPSA) is 101 Å². The molecular weight excluding hydrogens is 374 g/mol. The first-order valence-electron chi connectivity index (χ1n) is 7.76. The van der Waals surface area contributed by atoms with Crippen molar-refractivity contribution in [3.05, 3.63) is 81.6 Å². The smallest absolute Gasteiger partial charge is 0.277 e. The maximum Gasteiger partial charge on any atom is 0.277 e. The summed E-state index contributed by atoms with van der Waals surface area (Å²) in [6.45, 7) is 0. The van der Waals surface area contributed by atoms with Gasteiger partial charge < -0.3 is 11.1 Å². The third-order valence-electron chi connectivity index (χ3n) is 3.56. The van der Waals surface area contributed by atoms with Crippen LogP contribution in [0.5, 0.6) is 0 Å². The summed E-state index contributed by atoms with van der Waals surface area (Å²) in [7, 11) is 0. The van der Waals surface area contributed by atoms with E-state index < -0.39 is 17.3 Å². The van der Waals surface area contributed by atoms with E-state index >= 15 is 0 Å². The van der Waals surface area contributed by atoms with Crippen LogP contribution >= 0.6 is 11.8 Å². The van der Waals surface area contributed by atoms with Crippen LogP contribution in [-0.4, -0.2) is 15.9 Å². The Kier molecular flexibility index (Phi) is 5.51. The van der Waals surface area contributed by atoms with Crippen LogP contribution in [0.2, 0.25) is 0 Å². The molecule has 0 spiro atoms. The van der Waals surface area contributed by atoms with Gasteiger partial charge in [-0.2, -0.15) is 0 Å². The summed E-state index contributed by atoms with van der Waals surface area (Å²) >= 11 is 1.21. The van der Waals surface area contributed by atoms with Crippen molar-refractivity contribution >= 4 is 29.2 Å². The Labute approximate surface area is 156 Å². The standard InChI is InChI=1S/C18H14F2N4O2S/c19-12-5-1-10(2-6-12)9-27-18-23-15(21)14(17(26)24-18)22-16(25)11-3-7-13(20)8-4-11/h1-8H,9H2,(H,22,25)(H3,21,23,24,26). The van der Waals surface area contributed by atoms with Crippen molar-refractivity contribution in [1.29, 1.82) is 0 Å². The second-order valence-electron chi connectivity index (χ2n) is 5.51. The minimum atomic E-state index is -0.612. The highest BCUT2D eigenvalue weighted by Gasteiger charge is 2.14. The van der Waals surface area contributed by atoms with Crippen molar-refractivity contribution < 1.29 is 13.6 Å². The first kappa shape index (κ1) is 18.6. The molecule has 138 valence electrons. The van der Waals surface area contributed by atoms with Gasteiger partial charge in [-0.15, -0.1) is 0 Å². The lowest BCUT2D eigenvalue weighted by Gasteiger charge is -2.08. The van der Waals surface area contributed by atoms with Gasteiger partial charge in [0.15, 0.2) is 11.0 Å². The molecule has 1 aromatic heterocycles. The number of benzene rings is 2. The van der Waals surface area contributed by atoms with Gasteiger partial charge in [0.05, 0.1) is 0 Å². The number of hydrogen-bond donors (Lipinski definition) is 3. The number of hydrogen-bond acceptors (Lipinski definition) is 5. The second-order valence-corrected chi connectivity index (χ2v) is 6.47. The van der Waals surface area contributed by atoms with Crippen LogP contribution < -0.4 is 16.6 Å². The molecule has 9 heteroatoms. The van der Waals surface area contributed by atoms with Crippen molar-refractivity contribution in [3.8, 4) is 0 Å². The molecule has 0 radical (unpaired) electrons. The summed E-state index contributed by atoms with van der Waals surface area (Å²) in [5, 5.41) is 2.64. The first-order chi connectivity index (χ1) is 12.9. The van der Waals surface area contributed by atoms with E-state index in [1.54, 1.807) is 12.1 Å². The molecule has 0 saturated heterocycles. The number of nitrogens with zero attached hydrogens (tertiary/aromatic N) is 1. The highest BCUT2D eigenvalue weighted by Crippen LogP contribution is 2.21. The minimum Gasteiger partial charge on any atom is -0.382 e. The summed E-state index contributed by atoms with van der Waals surface area (Å²) in [4.78, 5) is 31.0. The Bertz CT molecular complexity index is 1020. The van der Waals surface area contributed by atoms with Gasteiger partial charge in [-0.1, -0.05) is 23.9 Å². The van der Waals surface area contributed by atoms with Crippen molar-refractivity contribution in [2.45, 2.75) is 10.9 Å². The zero-order valence-electron chi connectivity index (χ0n) is 13.8. The summed E-state index contributed by atoms with van der Waals surface area (Å²) in [5.74, 6) is -1.12. The average Bonchev–Trinajstić information content (AvgIpc) is 2.64. The van der Waals surface area contributed by atoms with E-state index in [2.05, 4.69) is 15.3 Å². The molecule has 0 unspecified atom stereocenters. The van der Waals surface area contributed by atoms with Gasteiger partial charge in [0.2, 0.25) is 0 Å². The van der Waals surface area contributed by atoms with Gasteiger partial charge >= 0.3 is 0 Å². The maximum absolute atomic E-state index is 12.9. The highest BCUT2D eigenvalue weighted by atomic mass is 32.2. The lowest BCUT2D eigenvalue weighted by atomic mass is 10.2. The number of nitrogens with one attached hydrogen (secondary N) is 2. The number of nitrogens with two attached hydrogens (primary N) is 1. The zero-order valence-corrected chi connectivity index (χ0v) is 14.6. The van der Waals surface area contributed by atoms with Gasteiger partial charge in [0.25, 0.3) is 11.5 Å². The van der Waals surface area contributed by atoms with E-state index in [1.165, 1.54) is 36.0 Å². The van der Waals surface area contributed by atoms with Crippen molar-refractivity contribution in [2.75, 3.05) is 11.1 Å². The van der Waals surface area contributed by atoms with Crippen molar-refractivity contribution in [3.63, 3.8) is 0 Å². The lowest BCUT2D eigenvalue weighted by molar-refractivity contribution is 0.102. The summed E-state index contributed by atoms with van der Waals surface area (Å²) in [6, 6.07) is 10.8. The van der Waals surface area contributed by atoms with Gasteiger partial charge in [-0.25, -0.2) is 13.8 Å². The van der Waals surface area contributed by atoms with E-state index in [0.29, 0.717) is 5.75 Å². The third kappa shape index (κ3) is 4.70. The number of carbonyl (C=O) groups excluding carboxylic acids is 1. The number of amides is 1. The normalized spacial score (nSPS) is 10.6. The van der Waals surface area contributed by atoms with E-state index in [9.17, 15) is 18.4 Å². The molecule has 0 fully saturated rings.